The van der Waals surface area contributed by atoms with Crippen LogP contribution in [0.5, 0.6) is 11.5 Å². The first-order valence-corrected chi connectivity index (χ1v) is 9.82. The van der Waals surface area contributed by atoms with Gasteiger partial charge in [-0.3, -0.25) is 4.99 Å². The Morgan fingerprint density at radius 2 is 1.55 bits per heavy atom. The van der Waals surface area contributed by atoms with Gasteiger partial charge in [-0.15, -0.1) is 0 Å². The Morgan fingerprint density at radius 3 is 2.06 bits per heavy atom. The van der Waals surface area contributed by atoms with Crippen molar-refractivity contribution in [2.45, 2.75) is 5.54 Å². The molecule has 0 heterocycles. The van der Waals surface area contributed by atoms with Gasteiger partial charge in [0.25, 0.3) is 0 Å². The molecule has 0 aliphatic rings. The maximum Gasteiger partial charge on any atom is 0.343 e. The number of ether oxygens (including phenoxy) is 3. The molecule has 0 spiro atoms. The smallest absolute Gasteiger partial charge is 0.343 e. The minimum atomic E-state index is -1.39. The van der Waals surface area contributed by atoms with Gasteiger partial charge in [0.05, 0.1) is 14.2 Å². The van der Waals surface area contributed by atoms with Crippen molar-refractivity contribution in [2.24, 2.45) is 4.99 Å². The zero-order valence-electron chi connectivity index (χ0n) is 17.7. The number of carbonyl (C=O) groups excluding carboxylic acids is 1. The normalized spacial score (nSPS) is 11.2. The monoisotopic (exact) mass is 415 g/mol. The van der Waals surface area contributed by atoms with Crippen molar-refractivity contribution in [3.8, 4) is 11.5 Å². The van der Waals surface area contributed by atoms with Gasteiger partial charge in [0.1, 0.15) is 18.1 Å². The van der Waals surface area contributed by atoms with Crippen LogP contribution in [0.15, 0.2) is 96.5 Å². The lowest BCUT2D eigenvalue weighted by Crippen LogP contribution is -2.37. The molecule has 0 N–H and O–H groups in total. The molecule has 0 aliphatic heterocycles. The summed E-state index contributed by atoms with van der Waals surface area (Å²) >= 11 is 0. The average molecular weight is 415 g/mol. The third-order valence-electron chi connectivity index (χ3n) is 4.85. The van der Waals surface area contributed by atoms with E-state index < -0.39 is 11.5 Å². The average Bonchev–Trinajstić information content (AvgIpc) is 2.84. The van der Waals surface area contributed by atoms with Crippen LogP contribution in [-0.2, 0) is 15.1 Å². The Balaban J connectivity index is 2.21. The Kier molecular flexibility index (Phi) is 7.22. The number of hydrogen-bond acceptors (Lipinski definition) is 5. The highest BCUT2D eigenvalue weighted by Crippen LogP contribution is 2.36. The van der Waals surface area contributed by atoms with E-state index in [1.807, 2.05) is 72.8 Å². The van der Waals surface area contributed by atoms with Crippen LogP contribution in [-0.4, -0.2) is 33.0 Å². The third-order valence-corrected chi connectivity index (χ3v) is 4.85. The molecule has 0 bridgehead atoms. The molecule has 0 aliphatic carbocycles. The summed E-state index contributed by atoms with van der Waals surface area (Å²) in [6.45, 7) is 3.73. The van der Waals surface area contributed by atoms with Crippen molar-refractivity contribution in [1.29, 1.82) is 0 Å². The van der Waals surface area contributed by atoms with Crippen molar-refractivity contribution in [1.82, 2.24) is 0 Å². The highest BCUT2D eigenvalue weighted by molar-refractivity contribution is 5.92. The van der Waals surface area contributed by atoms with Crippen molar-refractivity contribution < 1.29 is 19.0 Å². The number of nitrogens with zero attached hydrogens (tertiary/aromatic N) is 1. The molecule has 0 aromatic heterocycles. The number of esters is 1. The fourth-order valence-corrected chi connectivity index (χ4v) is 3.29. The van der Waals surface area contributed by atoms with E-state index in [2.05, 4.69) is 6.58 Å². The molecule has 3 aromatic rings. The first-order valence-electron chi connectivity index (χ1n) is 9.82. The van der Waals surface area contributed by atoms with E-state index in [0.29, 0.717) is 28.2 Å². The number of aliphatic imine (C=N–C) groups is 1. The van der Waals surface area contributed by atoms with E-state index in [0.717, 1.165) is 0 Å². The summed E-state index contributed by atoms with van der Waals surface area (Å²) < 4.78 is 16.3. The van der Waals surface area contributed by atoms with Crippen LogP contribution in [0.2, 0.25) is 0 Å². The zero-order valence-corrected chi connectivity index (χ0v) is 17.7. The Bertz CT molecular complexity index is 1010. The van der Waals surface area contributed by atoms with Crippen molar-refractivity contribution in [2.75, 3.05) is 20.8 Å². The van der Waals surface area contributed by atoms with E-state index in [1.165, 1.54) is 6.08 Å². The van der Waals surface area contributed by atoms with Gasteiger partial charge in [0, 0.05) is 17.8 Å². The number of benzene rings is 3. The van der Waals surface area contributed by atoms with E-state index in [9.17, 15) is 4.79 Å². The Morgan fingerprint density at radius 1 is 0.935 bits per heavy atom. The SMILES string of the molecule is C=CCOC(=O)C(N=Cc1ccc(OC)cc1OC)(c1ccccc1)c1ccccc1. The van der Waals surface area contributed by atoms with Crippen LogP contribution >= 0.6 is 0 Å². The van der Waals surface area contributed by atoms with Crippen molar-refractivity contribution in [3.63, 3.8) is 0 Å². The fourth-order valence-electron chi connectivity index (χ4n) is 3.29. The maximum absolute atomic E-state index is 13.5. The number of carbonyl (C=O) groups is 1. The molecule has 0 radical (unpaired) electrons. The van der Waals surface area contributed by atoms with E-state index in [1.54, 1.807) is 26.5 Å². The van der Waals surface area contributed by atoms with Gasteiger partial charge < -0.3 is 14.2 Å². The van der Waals surface area contributed by atoms with Crippen LogP contribution in [0.25, 0.3) is 0 Å². The molecular weight excluding hydrogens is 390 g/mol. The third kappa shape index (κ3) is 4.67. The molecule has 3 aromatic carbocycles. The molecule has 0 amide bonds. The molecule has 5 heteroatoms. The first-order chi connectivity index (χ1) is 15.2. The van der Waals surface area contributed by atoms with Gasteiger partial charge in [-0.2, -0.15) is 0 Å². The largest absolute Gasteiger partial charge is 0.497 e. The zero-order chi connectivity index (χ0) is 22.1. The van der Waals surface area contributed by atoms with Gasteiger partial charge in [-0.25, -0.2) is 4.79 Å². The molecular formula is C26H25NO4. The van der Waals surface area contributed by atoms with E-state index in [-0.39, 0.29) is 6.61 Å². The minimum absolute atomic E-state index is 0.0849. The maximum atomic E-state index is 13.5. The second-order valence-corrected chi connectivity index (χ2v) is 6.70. The van der Waals surface area contributed by atoms with Crippen LogP contribution < -0.4 is 9.47 Å². The van der Waals surface area contributed by atoms with Gasteiger partial charge in [-0.05, 0) is 23.3 Å². The van der Waals surface area contributed by atoms with E-state index >= 15 is 0 Å². The summed E-state index contributed by atoms with van der Waals surface area (Å²) in [7, 11) is 3.17. The number of rotatable bonds is 9. The molecule has 0 fully saturated rings. The molecule has 3 rings (SSSR count). The summed E-state index contributed by atoms with van der Waals surface area (Å²) in [4.78, 5) is 18.3. The predicted octanol–water partition coefficient (Wildman–Crippen LogP) is 4.80. The fraction of sp³-hybridized carbons (Fsp3) is 0.154. The standard InChI is InChI=1S/C26H25NO4/c1-4-17-31-25(28)26(21-11-7-5-8-12-21,22-13-9-6-10-14-22)27-19-20-15-16-23(29-2)18-24(20)30-3/h4-16,18-19H,1,17H2,2-3H3. The van der Waals surface area contributed by atoms with Crippen molar-refractivity contribution in [3.05, 3.63) is 108 Å². The first kappa shape index (κ1) is 21.8. The van der Waals surface area contributed by atoms with E-state index in [4.69, 9.17) is 19.2 Å². The lowest BCUT2D eigenvalue weighted by molar-refractivity contribution is -0.147. The summed E-state index contributed by atoms with van der Waals surface area (Å²) in [5, 5.41) is 0. The molecule has 0 saturated heterocycles. The second kappa shape index (κ2) is 10.3. The van der Waals surface area contributed by atoms with Crippen LogP contribution in [0.3, 0.4) is 0 Å². The molecule has 158 valence electrons. The van der Waals surface area contributed by atoms with Crippen LogP contribution in [0, 0.1) is 0 Å². The van der Waals surface area contributed by atoms with Gasteiger partial charge in [-0.1, -0.05) is 73.3 Å². The van der Waals surface area contributed by atoms with Crippen LogP contribution in [0.4, 0.5) is 0 Å². The molecule has 0 saturated carbocycles. The highest BCUT2D eigenvalue weighted by atomic mass is 16.5. The molecule has 5 nitrogen and oxygen atoms in total. The van der Waals surface area contributed by atoms with Gasteiger partial charge in [0.15, 0.2) is 0 Å². The summed E-state index contributed by atoms with van der Waals surface area (Å²) in [6, 6.07) is 24.1. The quantitative estimate of drug-likeness (QED) is 0.286. The Hall–Kier alpha value is -3.86. The molecule has 0 unspecified atom stereocenters. The van der Waals surface area contributed by atoms with Crippen molar-refractivity contribution >= 4 is 12.2 Å². The number of hydrogen-bond donors (Lipinski definition) is 0. The summed E-state index contributed by atoms with van der Waals surface area (Å²) in [6.07, 6.45) is 3.17. The minimum Gasteiger partial charge on any atom is -0.497 e. The lowest BCUT2D eigenvalue weighted by atomic mass is 9.83. The van der Waals surface area contributed by atoms with Crippen LogP contribution in [0.1, 0.15) is 16.7 Å². The van der Waals surface area contributed by atoms with Gasteiger partial charge in [0.2, 0.25) is 5.54 Å². The highest BCUT2D eigenvalue weighted by Gasteiger charge is 2.43. The molecule has 0 atom stereocenters. The Labute approximate surface area is 182 Å². The summed E-state index contributed by atoms with van der Waals surface area (Å²) in [5.74, 6) is 0.753. The lowest BCUT2D eigenvalue weighted by Gasteiger charge is -2.29. The second-order valence-electron chi connectivity index (χ2n) is 6.70. The van der Waals surface area contributed by atoms with Gasteiger partial charge >= 0.3 is 5.97 Å². The predicted molar refractivity (Wildman–Crippen MR) is 122 cm³/mol. The molecule has 31 heavy (non-hydrogen) atoms. The summed E-state index contributed by atoms with van der Waals surface area (Å²) in [5.41, 5.74) is 0.699. The number of methoxy groups -OCH3 is 2. The topological polar surface area (TPSA) is 57.1 Å².